The molecule has 0 aliphatic heterocycles. The molecule has 0 saturated heterocycles. The second kappa shape index (κ2) is 4.82. The van der Waals surface area contributed by atoms with Crippen LogP contribution in [0.1, 0.15) is 53.4 Å². The molecule has 1 saturated carbocycles. The van der Waals surface area contributed by atoms with Crippen molar-refractivity contribution in [3.63, 3.8) is 0 Å². The summed E-state index contributed by atoms with van der Waals surface area (Å²) in [6.45, 7) is 13.2. The first-order valence-corrected chi connectivity index (χ1v) is 5.85. The van der Waals surface area contributed by atoms with Crippen LogP contribution in [0, 0.1) is 11.8 Å². The van der Waals surface area contributed by atoms with E-state index in [1.54, 1.807) is 0 Å². The predicted octanol–water partition coefficient (Wildman–Crippen LogP) is 4.73. The molecule has 1 fully saturated rings. The molecule has 0 spiro atoms. The zero-order valence-electron chi connectivity index (χ0n) is 10.2. The fourth-order valence-corrected chi connectivity index (χ4v) is 2.24. The van der Waals surface area contributed by atoms with E-state index in [1.165, 1.54) is 42.4 Å². The van der Waals surface area contributed by atoms with Crippen molar-refractivity contribution in [1.82, 2.24) is 0 Å². The Balaban J connectivity index is 2.59. The van der Waals surface area contributed by atoms with Gasteiger partial charge in [0.25, 0.3) is 0 Å². The van der Waals surface area contributed by atoms with Crippen LogP contribution in [-0.4, -0.2) is 0 Å². The molecule has 0 atom stereocenters. The highest BCUT2D eigenvalue weighted by atomic mass is 14.3. The summed E-state index contributed by atoms with van der Waals surface area (Å²) in [5.41, 5.74) is 4.26. The highest BCUT2D eigenvalue weighted by Gasteiger charge is 2.21. The maximum Gasteiger partial charge on any atom is -0.0165 e. The molecule has 0 aromatic heterocycles. The van der Waals surface area contributed by atoms with E-state index in [-0.39, 0.29) is 0 Å². The van der Waals surface area contributed by atoms with E-state index >= 15 is 0 Å². The van der Waals surface area contributed by atoms with Crippen molar-refractivity contribution in [3.8, 4) is 0 Å². The van der Waals surface area contributed by atoms with Crippen molar-refractivity contribution < 1.29 is 0 Å². The molecular weight excluding hydrogens is 168 g/mol. The summed E-state index contributed by atoms with van der Waals surface area (Å²) in [4.78, 5) is 0. The van der Waals surface area contributed by atoms with Crippen molar-refractivity contribution >= 4 is 0 Å². The van der Waals surface area contributed by atoms with Crippen LogP contribution in [-0.2, 0) is 0 Å². The van der Waals surface area contributed by atoms with Gasteiger partial charge >= 0.3 is 0 Å². The van der Waals surface area contributed by atoms with E-state index in [9.17, 15) is 0 Å². The molecule has 0 heteroatoms. The van der Waals surface area contributed by atoms with Gasteiger partial charge in [-0.05, 0) is 56.6 Å². The molecule has 80 valence electrons. The predicted molar refractivity (Wildman–Crippen MR) is 64.3 cm³/mol. The maximum absolute atomic E-state index is 4.27. The minimum Gasteiger partial charge on any atom is -0.0953 e. The Bertz CT molecular complexity index is 233. The fraction of sp³-hybridized carbons (Fsp3) is 0.714. The molecule has 0 N–H and O–H groups in total. The normalized spacial score (nSPS) is 27.1. The van der Waals surface area contributed by atoms with E-state index in [4.69, 9.17) is 0 Å². The average Bonchev–Trinajstić information content (AvgIpc) is 2.16. The minimum absolute atomic E-state index is 0.765. The summed E-state index contributed by atoms with van der Waals surface area (Å²) in [7, 11) is 0. The summed E-state index contributed by atoms with van der Waals surface area (Å²) in [6.07, 6.45) is 5.48. The van der Waals surface area contributed by atoms with Crippen molar-refractivity contribution in [2.24, 2.45) is 11.8 Å². The third-order valence-electron chi connectivity index (χ3n) is 3.74. The highest BCUT2D eigenvalue weighted by Crippen LogP contribution is 2.35. The van der Waals surface area contributed by atoms with Crippen molar-refractivity contribution in [2.75, 3.05) is 0 Å². The van der Waals surface area contributed by atoms with Crippen molar-refractivity contribution in [2.45, 2.75) is 53.4 Å². The zero-order chi connectivity index (χ0) is 10.7. The van der Waals surface area contributed by atoms with Gasteiger partial charge in [-0.25, -0.2) is 0 Å². The molecule has 0 unspecified atom stereocenters. The van der Waals surface area contributed by atoms with E-state index in [2.05, 4.69) is 34.3 Å². The molecule has 0 radical (unpaired) electrons. The van der Waals surface area contributed by atoms with Gasteiger partial charge in [0, 0.05) is 0 Å². The van der Waals surface area contributed by atoms with Crippen LogP contribution in [0.25, 0.3) is 0 Å². The molecule has 1 aliphatic rings. The van der Waals surface area contributed by atoms with Gasteiger partial charge in [0.2, 0.25) is 0 Å². The van der Waals surface area contributed by atoms with E-state index in [0.29, 0.717) is 0 Å². The van der Waals surface area contributed by atoms with Crippen LogP contribution in [0.15, 0.2) is 23.3 Å². The van der Waals surface area contributed by atoms with Crippen LogP contribution in [0.2, 0.25) is 0 Å². The molecule has 0 aromatic rings. The van der Waals surface area contributed by atoms with Crippen molar-refractivity contribution in [1.29, 1.82) is 0 Å². The molecule has 0 aromatic carbocycles. The first-order chi connectivity index (χ1) is 6.52. The van der Waals surface area contributed by atoms with Crippen LogP contribution < -0.4 is 0 Å². The molecule has 0 bridgehead atoms. The summed E-state index contributed by atoms with van der Waals surface area (Å²) in [5.74, 6) is 1.70. The lowest BCUT2D eigenvalue weighted by Gasteiger charge is -2.28. The largest absolute Gasteiger partial charge is 0.0953 e. The second-order valence-electron chi connectivity index (χ2n) is 5.11. The maximum atomic E-state index is 4.27. The van der Waals surface area contributed by atoms with Gasteiger partial charge in [-0.15, -0.1) is 0 Å². The van der Waals surface area contributed by atoms with Gasteiger partial charge in [0.15, 0.2) is 0 Å². The zero-order valence-corrected chi connectivity index (χ0v) is 10.2. The van der Waals surface area contributed by atoms with Gasteiger partial charge in [0.05, 0.1) is 0 Å². The van der Waals surface area contributed by atoms with Crippen LogP contribution in [0.4, 0.5) is 0 Å². The van der Waals surface area contributed by atoms with E-state index in [1.807, 2.05) is 0 Å². The van der Waals surface area contributed by atoms with E-state index < -0.39 is 0 Å². The van der Waals surface area contributed by atoms with Crippen LogP contribution in [0.3, 0.4) is 0 Å². The third-order valence-corrected chi connectivity index (χ3v) is 3.74. The summed E-state index contributed by atoms with van der Waals surface area (Å²) in [6, 6.07) is 0. The number of hydrogen-bond acceptors (Lipinski definition) is 0. The SMILES string of the molecule is C=C(C(C)=C(C)C)C1CCC(C)CC1. The Kier molecular flexibility index (Phi) is 3.97. The summed E-state index contributed by atoms with van der Waals surface area (Å²) < 4.78 is 0. The number of rotatable bonds is 2. The summed E-state index contributed by atoms with van der Waals surface area (Å²) in [5, 5.41) is 0. The fourth-order valence-electron chi connectivity index (χ4n) is 2.24. The Labute approximate surface area is 89.1 Å². The molecule has 0 amide bonds. The van der Waals surface area contributed by atoms with Gasteiger partial charge < -0.3 is 0 Å². The monoisotopic (exact) mass is 192 g/mol. The molecular formula is C14H24. The van der Waals surface area contributed by atoms with Gasteiger partial charge in [0.1, 0.15) is 0 Å². The standard InChI is InChI=1S/C14H24/c1-10(2)12(4)13(5)14-8-6-11(3)7-9-14/h11,14H,5-9H2,1-4H3. The van der Waals surface area contributed by atoms with Gasteiger partial charge in [-0.1, -0.05) is 31.9 Å². The smallest absolute Gasteiger partial charge is 0.0165 e. The molecule has 1 rings (SSSR count). The molecule has 14 heavy (non-hydrogen) atoms. The first-order valence-electron chi connectivity index (χ1n) is 5.85. The average molecular weight is 192 g/mol. The number of allylic oxidation sites excluding steroid dienone is 3. The Hall–Kier alpha value is -0.520. The second-order valence-corrected chi connectivity index (χ2v) is 5.11. The topological polar surface area (TPSA) is 0 Å². The summed E-state index contributed by atoms with van der Waals surface area (Å²) >= 11 is 0. The first kappa shape index (κ1) is 11.6. The minimum atomic E-state index is 0.765. The molecule has 0 nitrogen and oxygen atoms in total. The quantitative estimate of drug-likeness (QED) is 0.555. The van der Waals surface area contributed by atoms with Gasteiger partial charge in [-0.2, -0.15) is 0 Å². The van der Waals surface area contributed by atoms with E-state index in [0.717, 1.165) is 11.8 Å². The van der Waals surface area contributed by atoms with Crippen LogP contribution in [0.5, 0.6) is 0 Å². The Morgan fingerprint density at radius 2 is 1.50 bits per heavy atom. The number of hydrogen-bond donors (Lipinski definition) is 0. The van der Waals surface area contributed by atoms with Crippen LogP contribution >= 0.6 is 0 Å². The molecule has 0 heterocycles. The highest BCUT2D eigenvalue weighted by molar-refractivity contribution is 5.31. The molecule has 1 aliphatic carbocycles. The van der Waals surface area contributed by atoms with Crippen molar-refractivity contribution in [3.05, 3.63) is 23.3 Å². The Morgan fingerprint density at radius 1 is 1.00 bits per heavy atom. The Morgan fingerprint density at radius 3 is 1.93 bits per heavy atom. The lowest BCUT2D eigenvalue weighted by molar-refractivity contribution is 0.322. The lowest BCUT2D eigenvalue weighted by Crippen LogP contribution is -2.14. The third kappa shape index (κ3) is 2.73. The van der Waals surface area contributed by atoms with Gasteiger partial charge in [-0.3, -0.25) is 0 Å². The lowest BCUT2D eigenvalue weighted by atomic mass is 9.77.